The fraction of sp³-hybridized carbons (Fsp3) is 0.143. The number of anilines is 4. The van der Waals surface area contributed by atoms with E-state index in [-0.39, 0.29) is 72.0 Å². The molecule has 3 heterocycles. The van der Waals surface area contributed by atoms with Crippen LogP contribution in [0.4, 0.5) is 22.7 Å². The molecule has 6 heteroatoms. The van der Waals surface area contributed by atoms with Gasteiger partial charge in [-0.3, -0.25) is 0 Å². The van der Waals surface area contributed by atoms with Gasteiger partial charge in [0.1, 0.15) is 5.82 Å². The Morgan fingerprint density at radius 2 is 1.19 bits per heavy atom. The molecule has 0 saturated heterocycles. The van der Waals surface area contributed by atoms with Gasteiger partial charge < -0.3 is 19.1 Å². The number of fused-ring (bicyclic) bond motifs is 13. The third kappa shape index (κ3) is 8.33. The Bertz CT molecular complexity index is 4960. The zero-order chi connectivity index (χ0) is 63.4. The molecule has 15 rings (SSSR count). The molecule has 0 bridgehead atoms. The first-order chi connectivity index (χ1) is 43.5. The van der Waals surface area contributed by atoms with Gasteiger partial charge in [0.25, 0.3) is 0 Å². The summed E-state index contributed by atoms with van der Waals surface area (Å²) in [6, 6.07) is 71.0. The molecule has 2 aromatic heterocycles. The molecule has 1 spiro atoms. The molecule has 5 nitrogen and oxygen atoms in total. The van der Waals surface area contributed by atoms with Gasteiger partial charge in [-0.05, 0) is 132 Å². The van der Waals surface area contributed by atoms with Gasteiger partial charge in [0, 0.05) is 79.3 Å². The molecule has 0 N–H and O–H groups in total. The Labute approximate surface area is 514 Å². The summed E-state index contributed by atoms with van der Waals surface area (Å²) in [5.74, 6) is 0.752. The second kappa shape index (κ2) is 19.7. The fourth-order valence-electron chi connectivity index (χ4n) is 12.9. The number of benzene rings is 10. The van der Waals surface area contributed by atoms with Crippen molar-refractivity contribution in [3.8, 4) is 50.7 Å². The smallest absolute Gasteiger partial charge is 0.135 e. The minimum absolute atomic E-state index is 0. The largest absolute Gasteiger partial charge is 0.509 e. The van der Waals surface area contributed by atoms with Crippen molar-refractivity contribution in [2.45, 2.75) is 71.0 Å². The molecule has 0 amide bonds. The van der Waals surface area contributed by atoms with E-state index >= 15 is 0 Å². The predicted octanol–water partition coefficient (Wildman–Crippen LogP) is 19.5. The van der Waals surface area contributed by atoms with Crippen LogP contribution in [-0.2, 0) is 43.7 Å². The number of rotatable bonds is 7. The van der Waals surface area contributed by atoms with Crippen molar-refractivity contribution in [3.63, 3.8) is 0 Å². The maximum absolute atomic E-state index is 9.75. The number of para-hydroxylation sites is 4. The summed E-state index contributed by atoms with van der Waals surface area (Å²) in [6.45, 7) is 13.3. The number of aromatic nitrogens is 2. The van der Waals surface area contributed by atoms with Crippen molar-refractivity contribution < 1.29 is 38.1 Å². The Morgan fingerprint density at radius 3 is 1.94 bits per heavy atom. The van der Waals surface area contributed by atoms with E-state index < -0.39 is 30.7 Å². The monoisotopic (exact) mass is 1260 g/mol. The standard InChI is InChI=1S/C77H61N4O.Pt/c1-49-39-40-78-72(41-49)81-68-34-15-11-25-59(68)60-38-37-57(47-71(60)81)82-56-24-18-23-55(46-56)79-48-80(70-36-17-16-35-69(70)79)74-58(52-43-53(75(2,3)4)45-54(44-52)76(5,6)7)27-19-29-62(74)61-28-20-33-67-73(61)63-26-10-14-32-66(63)77(67)64-30-12-8-21-50(64)42-51-22-9-13-31-65(51)77;/h8-41,43-45,48H,42H2,1-7H3;/q-3;/i1D3,11D,15D,25D,34D,42D2;. The summed E-state index contributed by atoms with van der Waals surface area (Å²) in [7, 11) is 0. The molecule has 0 atom stereocenters. The van der Waals surface area contributed by atoms with Crippen molar-refractivity contribution in [3.05, 3.63) is 293 Å². The molecule has 0 saturated carbocycles. The van der Waals surface area contributed by atoms with Crippen molar-refractivity contribution in [1.82, 2.24) is 9.55 Å². The number of nitrogens with zero attached hydrogens (tertiary/aromatic N) is 4. The van der Waals surface area contributed by atoms with E-state index in [2.05, 4.69) is 184 Å². The molecular formula is C77H61N4OPt-3. The van der Waals surface area contributed by atoms with Crippen molar-refractivity contribution in [2.24, 2.45) is 0 Å². The zero-order valence-electron chi connectivity index (χ0n) is 55.6. The molecule has 10 aromatic carbocycles. The predicted molar refractivity (Wildman–Crippen MR) is 337 cm³/mol. The van der Waals surface area contributed by atoms with E-state index in [0.29, 0.717) is 33.5 Å². The van der Waals surface area contributed by atoms with Gasteiger partial charge in [0.15, 0.2) is 0 Å². The number of hydrogen-bond acceptors (Lipinski definition) is 4. The molecule has 3 aliphatic rings. The minimum Gasteiger partial charge on any atom is -0.509 e. The van der Waals surface area contributed by atoms with E-state index in [1.165, 1.54) is 34.0 Å². The van der Waals surface area contributed by atoms with Crippen LogP contribution < -0.4 is 14.5 Å². The van der Waals surface area contributed by atoms with Gasteiger partial charge in [-0.15, -0.1) is 48.1 Å². The van der Waals surface area contributed by atoms with E-state index in [1.54, 1.807) is 18.2 Å². The molecule has 0 unspecified atom stereocenters. The third-order valence-electron chi connectivity index (χ3n) is 16.7. The normalized spacial score (nSPS) is 16.1. The Balaban J connectivity index is 0.00000735. The van der Waals surface area contributed by atoms with Gasteiger partial charge in [0.2, 0.25) is 0 Å². The first-order valence-electron chi connectivity index (χ1n) is 32.4. The van der Waals surface area contributed by atoms with Gasteiger partial charge in [-0.2, -0.15) is 12.1 Å². The van der Waals surface area contributed by atoms with E-state index in [9.17, 15) is 2.74 Å². The number of pyridine rings is 1. The summed E-state index contributed by atoms with van der Waals surface area (Å²) in [5.41, 5.74) is 16.8. The van der Waals surface area contributed by atoms with Crippen LogP contribution in [0, 0.1) is 25.7 Å². The van der Waals surface area contributed by atoms with Crippen LogP contribution in [0.1, 0.15) is 104 Å². The van der Waals surface area contributed by atoms with Gasteiger partial charge >= 0.3 is 0 Å². The quantitative estimate of drug-likeness (QED) is 0.149. The molecule has 0 radical (unpaired) electrons. The third-order valence-corrected chi connectivity index (χ3v) is 16.7. The number of aryl methyl sites for hydroxylation is 1. The van der Waals surface area contributed by atoms with Crippen LogP contribution >= 0.6 is 0 Å². The van der Waals surface area contributed by atoms with Gasteiger partial charge in [-0.25, -0.2) is 4.98 Å². The van der Waals surface area contributed by atoms with E-state index in [0.717, 1.165) is 72.7 Å². The molecule has 1 aliphatic heterocycles. The molecule has 2 aliphatic carbocycles. The maximum Gasteiger partial charge on any atom is 0.135 e. The summed E-state index contributed by atoms with van der Waals surface area (Å²) < 4.78 is 87.6. The second-order valence-corrected chi connectivity index (χ2v) is 23.6. The zero-order valence-corrected chi connectivity index (χ0v) is 48.9. The maximum atomic E-state index is 9.75. The SMILES string of the molecule is [2H]c1c([2H])c([2H])c2c(c1[2H])c1ccc(Oc3[c-]c(N4[CH-]N(c5c(-c6cc(C(C)(C)C)cc(C(C)(C)C)c6)cccc5-c5cccc6c5-c5ccccc5C65c6ccccc6C([2H])([2H])c6ccccc65)c5ccccc54)ccc3)[c-]c1n2-c1cc(C([2H])([2H])[2H])ccn1.[Pt]. The van der Waals surface area contributed by atoms with Crippen LogP contribution in [0.25, 0.3) is 61.0 Å². The first kappa shape index (κ1) is 43.0. The second-order valence-electron chi connectivity index (χ2n) is 23.6. The average molecular weight is 1260 g/mol. The summed E-state index contributed by atoms with van der Waals surface area (Å²) in [6.07, 6.45) is -0.365. The summed E-state index contributed by atoms with van der Waals surface area (Å²) in [4.78, 5) is 8.96. The Morgan fingerprint density at radius 1 is 0.578 bits per heavy atom. The Kier molecular flexibility index (Phi) is 10.2. The van der Waals surface area contributed by atoms with Crippen LogP contribution in [-0.4, -0.2) is 9.55 Å². The summed E-state index contributed by atoms with van der Waals surface area (Å²) >= 11 is 0. The minimum atomic E-state index is -2.48. The van der Waals surface area contributed by atoms with Crippen LogP contribution in [0.5, 0.6) is 11.5 Å². The van der Waals surface area contributed by atoms with Crippen molar-refractivity contribution in [1.29, 1.82) is 0 Å². The van der Waals surface area contributed by atoms with Crippen LogP contribution in [0.2, 0.25) is 0 Å². The molecular weight excluding hydrogens is 1190 g/mol. The number of hydrogen-bond donors (Lipinski definition) is 0. The molecule has 408 valence electrons. The summed E-state index contributed by atoms with van der Waals surface area (Å²) in [5, 5.41) is 0.693. The van der Waals surface area contributed by atoms with Gasteiger partial charge in [0.05, 0.1) is 10.9 Å². The molecule has 12 aromatic rings. The number of ether oxygens (including phenoxy) is 1. The van der Waals surface area contributed by atoms with Gasteiger partial charge in [-0.1, -0.05) is 205 Å². The Hall–Kier alpha value is -8.76. The topological polar surface area (TPSA) is 33.5 Å². The van der Waals surface area contributed by atoms with E-state index in [4.69, 9.17) is 14.3 Å². The molecule has 0 fully saturated rings. The van der Waals surface area contributed by atoms with Crippen LogP contribution in [0.3, 0.4) is 0 Å². The van der Waals surface area contributed by atoms with Crippen molar-refractivity contribution in [2.75, 3.05) is 9.80 Å². The van der Waals surface area contributed by atoms with E-state index in [1.807, 2.05) is 54.6 Å². The van der Waals surface area contributed by atoms with Crippen molar-refractivity contribution >= 4 is 44.6 Å². The van der Waals surface area contributed by atoms with Crippen LogP contribution in [0.15, 0.2) is 224 Å². The average Bonchev–Trinajstić information content (AvgIpc) is 1.43. The molecule has 83 heavy (non-hydrogen) atoms. The fourth-order valence-corrected chi connectivity index (χ4v) is 12.9. The first-order valence-corrected chi connectivity index (χ1v) is 27.9.